The second-order valence-corrected chi connectivity index (χ2v) is 5.59. The van der Waals surface area contributed by atoms with E-state index in [0.29, 0.717) is 17.9 Å². The van der Waals surface area contributed by atoms with E-state index in [1.807, 2.05) is 12.1 Å². The lowest BCUT2D eigenvalue weighted by Gasteiger charge is -2.20. The molecule has 136 valence electrons. The third kappa shape index (κ3) is 5.48. The molecule has 0 heterocycles. The standard InChI is InChI=1S/C21H25N3O2/c1-4-15-26-20-13-9-18(10-14-20)21(25)23-22-16-17-7-11-19(12-8-17)24(5-2)6-3/h4,7-14,16H,1,5-6,15H2,2-3H3,(H,23,25)/b22-16-. The van der Waals surface area contributed by atoms with Gasteiger partial charge in [-0.05, 0) is 55.8 Å². The summed E-state index contributed by atoms with van der Waals surface area (Å²) in [5, 5.41) is 4.02. The van der Waals surface area contributed by atoms with Crippen molar-refractivity contribution >= 4 is 17.8 Å². The zero-order chi connectivity index (χ0) is 18.8. The molecule has 5 nitrogen and oxygen atoms in total. The maximum Gasteiger partial charge on any atom is 0.271 e. The monoisotopic (exact) mass is 351 g/mol. The summed E-state index contributed by atoms with van der Waals surface area (Å²) in [6, 6.07) is 15.0. The van der Waals surface area contributed by atoms with Crippen LogP contribution in [-0.2, 0) is 0 Å². The number of benzene rings is 2. The van der Waals surface area contributed by atoms with Crippen molar-refractivity contribution in [1.82, 2.24) is 5.43 Å². The second kappa shape index (κ2) is 10.0. The summed E-state index contributed by atoms with van der Waals surface area (Å²) >= 11 is 0. The number of hydrazone groups is 1. The second-order valence-electron chi connectivity index (χ2n) is 5.59. The number of ether oxygens (including phenoxy) is 1. The van der Waals surface area contributed by atoms with Crippen LogP contribution < -0.4 is 15.1 Å². The number of carbonyl (C=O) groups is 1. The SMILES string of the molecule is C=CCOc1ccc(C(=O)N/N=C\c2ccc(N(CC)CC)cc2)cc1. The van der Waals surface area contributed by atoms with Crippen LogP contribution in [0.2, 0.25) is 0 Å². The maximum atomic E-state index is 12.1. The zero-order valence-electron chi connectivity index (χ0n) is 15.3. The van der Waals surface area contributed by atoms with E-state index in [1.54, 1.807) is 36.6 Å². The average Bonchev–Trinajstić information content (AvgIpc) is 2.69. The van der Waals surface area contributed by atoms with Crippen LogP contribution in [0, 0.1) is 0 Å². The largest absolute Gasteiger partial charge is 0.490 e. The van der Waals surface area contributed by atoms with Crippen molar-refractivity contribution in [2.75, 3.05) is 24.6 Å². The van der Waals surface area contributed by atoms with Crippen LogP contribution in [0.5, 0.6) is 5.75 Å². The van der Waals surface area contributed by atoms with Gasteiger partial charge in [0.15, 0.2) is 0 Å². The van der Waals surface area contributed by atoms with Gasteiger partial charge in [0.1, 0.15) is 12.4 Å². The molecule has 0 unspecified atom stereocenters. The molecule has 1 N–H and O–H groups in total. The van der Waals surface area contributed by atoms with Crippen LogP contribution in [0.4, 0.5) is 5.69 Å². The van der Waals surface area contributed by atoms with Gasteiger partial charge >= 0.3 is 0 Å². The Morgan fingerprint density at radius 2 is 1.77 bits per heavy atom. The van der Waals surface area contributed by atoms with Gasteiger partial charge in [-0.1, -0.05) is 24.8 Å². The van der Waals surface area contributed by atoms with Crippen LogP contribution in [0.3, 0.4) is 0 Å². The van der Waals surface area contributed by atoms with Gasteiger partial charge < -0.3 is 9.64 Å². The summed E-state index contributed by atoms with van der Waals surface area (Å²) in [4.78, 5) is 14.4. The molecule has 0 fully saturated rings. The van der Waals surface area contributed by atoms with Gasteiger partial charge in [0.2, 0.25) is 0 Å². The highest BCUT2D eigenvalue weighted by molar-refractivity contribution is 5.95. The summed E-state index contributed by atoms with van der Waals surface area (Å²) in [5.41, 5.74) is 5.15. The van der Waals surface area contributed by atoms with Gasteiger partial charge in [-0.25, -0.2) is 5.43 Å². The minimum Gasteiger partial charge on any atom is -0.490 e. The normalized spacial score (nSPS) is 10.5. The predicted molar refractivity (Wildman–Crippen MR) is 107 cm³/mol. The molecule has 1 amide bonds. The molecule has 0 atom stereocenters. The molecule has 2 aromatic carbocycles. The van der Waals surface area contributed by atoms with E-state index in [2.05, 4.69) is 48.0 Å². The first-order valence-electron chi connectivity index (χ1n) is 8.70. The Balaban J connectivity index is 1.91. The number of hydrogen-bond acceptors (Lipinski definition) is 4. The maximum absolute atomic E-state index is 12.1. The summed E-state index contributed by atoms with van der Waals surface area (Å²) < 4.78 is 5.39. The molecule has 26 heavy (non-hydrogen) atoms. The number of nitrogens with one attached hydrogen (secondary N) is 1. The van der Waals surface area contributed by atoms with E-state index in [4.69, 9.17) is 4.74 Å². The summed E-state index contributed by atoms with van der Waals surface area (Å²) in [5.74, 6) is 0.425. The van der Waals surface area contributed by atoms with Crippen LogP contribution in [0.15, 0.2) is 66.3 Å². The minimum absolute atomic E-state index is 0.267. The molecule has 5 heteroatoms. The van der Waals surface area contributed by atoms with Gasteiger partial charge in [0.05, 0.1) is 6.21 Å². The molecule has 0 aliphatic rings. The topological polar surface area (TPSA) is 53.9 Å². The van der Waals surface area contributed by atoms with E-state index in [0.717, 1.165) is 18.7 Å². The van der Waals surface area contributed by atoms with E-state index in [9.17, 15) is 4.79 Å². The van der Waals surface area contributed by atoms with Crippen molar-refractivity contribution < 1.29 is 9.53 Å². The Morgan fingerprint density at radius 1 is 1.12 bits per heavy atom. The first kappa shape index (κ1) is 19.2. The van der Waals surface area contributed by atoms with Crippen molar-refractivity contribution in [3.8, 4) is 5.75 Å². The summed E-state index contributed by atoms with van der Waals surface area (Å²) in [7, 11) is 0. The zero-order valence-corrected chi connectivity index (χ0v) is 15.3. The Hall–Kier alpha value is -3.08. The number of carbonyl (C=O) groups excluding carboxylic acids is 1. The molecule has 0 radical (unpaired) electrons. The minimum atomic E-state index is -0.267. The van der Waals surface area contributed by atoms with Gasteiger partial charge in [-0.15, -0.1) is 0 Å². The molecule has 0 spiro atoms. The molecule has 2 rings (SSSR count). The van der Waals surface area contributed by atoms with E-state index < -0.39 is 0 Å². The Bertz CT molecular complexity index is 733. The molecule has 0 aliphatic heterocycles. The fourth-order valence-corrected chi connectivity index (χ4v) is 2.45. The first-order chi connectivity index (χ1) is 12.7. The van der Waals surface area contributed by atoms with Crippen LogP contribution in [0.1, 0.15) is 29.8 Å². The molecule has 2 aromatic rings. The smallest absolute Gasteiger partial charge is 0.271 e. The van der Waals surface area contributed by atoms with E-state index >= 15 is 0 Å². The number of anilines is 1. The highest BCUT2D eigenvalue weighted by Crippen LogP contribution is 2.14. The van der Waals surface area contributed by atoms with Gasteiger partial charge in [-0.2, -0.15) is 5.10 Å². The van der Waals surface area contributed by atoms with Crippen LogP contribution >= 0.6 is 0 Å². The molecule has 0 bridgehead atoms. The first-order valence-corrected chi connectivity index (χ1v) is 8.70. The quantitative estimate of drug-likeness (QED) is 0.424. The van der Waals surface area contributed by atoms with Crippen molar-refractivity contribution in [3.05, 3.63) is 72.3 Å². The molecule has 0 aliphatic carbocycles. The lowest BCUT2D eigenvalue weighted by molar-refractivity contribution is 0.0955. The predicted octanol–water partition coefficient (Wildman–Crippen LogP) is 3.86. The fourth-order valence-electron chi connectivity index (χ4n) is 2.45. The van der Waals surface area contributed by atoms with Crippen LogP contribution in [-0.4, -0.2) is 31.8 Å². The van der Waals surface area contributed by atoms with E-state index in [-0.39, 0.29) is 5.91 Å². The number of rotatable bonds is 9. The Morgan fingerprint density at radius 3 is 2.35 bits per heavy atom. The van der Waals surface area contributed by atoms with Gasteiger partial charge in [0.25, 0.3) is 5.91 Å². The lowest BCUT2D eigenvalue weighted by Crippen LogP contribution is -2.21. The van der Waals surface area contributed by atoms with E-state index in [1.165, 1.54) is 5.69 Å². The summed E-state index contributed by atoms with van der Waals surface area (Å²) in [6.45, 7) is 10.2. The van der Waals surface area contributed by atoms with Crippen molar-refractivity contribution in [2.45, 2.75) is 13.8 Å². The molecule has 0 saturated heterocycles. The van der Waals surface area contributed by atoms with Crippen molar-refractivity contribution in [2.24, 2.45) is 5.10 Å². The highest BCUT2D eigenvalue weighted by atomic mass is 16.5. The van der Waals surface area contributed by atoms with Gasteiger partial charge in [-0.3, -0.25) is 4.79 Å². The average molecular weight is 351 g/mol. The number of nitrogens with zero attached hydrogens (tertiary/aromatic N) is 2. The number of amides is 1. The summed E-state index contributed by atoms with van der Waals surface area (Å²) in [6.07, 6.45) is 3.30. The van der Waals surface area contributed by atoms with Gasteiger partial charge in [0, 0.05) is 24.3 Å². The number of hydrogen-bond donors (Lipinski definition) is 1. The third-order valence-corrected chi connectivity index (χ3v) is 3.89. The Labute approximate surface area is 155 Å². The highest BCUT2D eigenvalue weighted by Gasteiger charge is 2.04. The molecule has 0 aromatic heterocycles. The molecule has 0 saturated carbocycles. The molecular weight excluding hydrogens is 326 g/mol. The molecular formula is C21H25N3O2. The third-order valence-electron chi connectivity index (χ3n) is 3.89. The lowest BCUT2D eigenvalue weighted by atomic mass is 10.2. The van der Waals surface area contributed by atoms with Crippen molar-refractivity contribution in [1.29, 1.82) is 0 Å². The van der Waals surface area contributed by atoms with Crippen LogP contribution in [0.25, 0.3) is 0 Å². The fraction of sp³-hybridized carbons (Fsp3) is 0.238. The van der Waals surface area contributed by atoms with Crippen molar-refractivity contribution in [3.63, 3.8) is 0 Å². The Kier molecular flexibility index (Phi) is 7.43.